The summed E-state index contributed by atoms with van der Waals surface area (Å²) >= 11 is 0. The van der Waals surface area contributed by atoms with Crippen LogP contribution in [-0.2, 0) is 9.59 Å². The van der Waals surface area contributed by atoms with E-state index in [-0.39, 0.29) is 24.3 Å². The monoisotopic (exact) mass is 376 g/mol. The number of ketones is 2. The lowest BCUT2D eigenvalue weighted by molar-refractivity contribution is -0.136. The van der Waals surface area contributed by atoms with Gasteiger partial charge in [0.2, 0.25) is 5.78 Å². The van der Waals surface area contributed by atoms with Crippen LogP contribution in [0.15, 0.2) is 46.0 Å². The van der Waals surface area contributed by atoms with Gasteiger partial charge in [-0.15, -0.1) is 0 Å². The van der Waals surface area contributed by atoms with Crippen molar-refractivity contribution in [1.29, 1.82) is 0 Å². The zero-order valence-corrected chi connectivity index (χ0v) is 17.4. The van der Waals surface area contributed by atoms with Gasteiger partial charge in [-0.25, -0.2) is 0 Å². The molecular formula is C22H32O5. The van der Waals surface area contributed by atoms with Crippen molar-refractivity contribution in [2.45, 2.75) is 66.9 Å². The summed E-state index contributed by atoms with van der Waals surface area (Å²) in [5, 5.41) is 32.3. The molecule has 5 heteroatoms. The Balaban J connectivity index is 3.65. The van der Waals surface area contributed by atoms with Crippen molar-refractivity contribution in [2.75, 3.05) is 0 Å². The van der Waals surface area contributed by atoms with Crippen LogP contribution in [0.5, 0.6) is 0 Å². The Bertz CT molecular complexity index is 741. The molecule has 0 radical (unpaired) electrons. The molecule has 0 spiro atoms. The van der Waals surface area contributed by atoms with Crippen molar-refractivity contribution in [3.05, 3.63) is 46.0 Å². The number of carbonyl (C=O) groups is 2. The Morgan fingerprint density at radius 1 is 1.04 bits per heavy atom. The van der Waals surface area contributed by atoms with E-state index in [1.165, 1.54) is 0 Å². The number of allylic oxidation sites excluding steroid dienone is 4. The smallest absolute Gasteiger partial charge is 0.209 e. The third-order valence-corrected chi connectivity index (χ3v) is 4.98. The van der Waals surface area contributed by atoms with Crippen LogP contribution in [0.25, 0.3) is 0 Å². The fourth-order valence-corrected chi connectivity index (χ4v) is 2.73. The Labute approximate surface area is 161 Å². The Kier molecular flexibility index (Phi) is 7.38. The highest BCUT2D eigenvalue weighted by molar-refractivity contribution is 6.25. The van der Waals surface area contributed by atoms with Gasteiger partial charge in [0.05, 0.1) is 0 Å². The van der Waals surface area contributed by atoms with Crippen molar-refractivity contribution < 1.29 is 24.9 Å². The summed E-state index contributed by atoms with van der Waals surface area (Å²) in [6, 6.07) is 0. The van der Waals surface area contributed by atoms with E-state index < -0.39 is 40.2 Å². The molecule has 0 fully saturated rings. The summed E-state index contributed by atoms with van der Waals surface area (Å²) in [7, 11) is 0. The molecule has 0 saturated carbocycles. The molecule has 0 aromatic rings. The van der Waals surface area contributed by atoms with Gasteiger partial charge in [0.1, 0.15) is 17.1 Å². The van der Waals surface area contributed by atoms with Crippen molar-refractivity contribution in [1.82, 2.24) is 0 Å². The molecule has 0 aromatic carbocycles. The SMILES string of the molecule is CC(C)=CCC1=C(O)[C@@](O)(CC=C(C)C)C(=O)C(C(=O)C(C)C(C)C)=C1O. The highest BCUT2D eigenvalue weighted by Gasteiger charge is 2.50. The predicted molar refractivity (Wildman–Crippen MR) is 106 cm³/mol. The van der Waals surface area contributed by atoms with Crippen LogP contribution in [0, 0.1) is 11.8 Å². The van der Waals surface area contributed by atoms with Gasteiger partial charge in [-0.2, -0.15) is 0 Å². The first-order valence-electron chi connectivity index (χ1n) is 9.28. The van der Waals surface area contributed by atoms with E-state index in [0.717, 1.165) is 11.1 Å². The maximum Gasteiger partial charge on any atom is 0.209 e. The van der Waals surface area contributed by atoms with Crippen LogP contribution in [-0.4, -0.2) is 32.5 Å². The lowest BCUT2D eigenvalue weighted by atomic mass is 9.75. The van der Waals surface area contributed by atoms with E-state index in [0.29, 0.717) is 0 Å². The van der Waals surface area contributed by atoms with Gasteiger partial charge in [-0.1, -0.05) is 44.1 Å². The van der Waals surface area contributed by atoms with E-state index in [4.69, 9.17) is 0 Å². The molecule has 2 atom stereocenters. The van der Waals surface area contributed by atoms with Crippen LogP contribution in [0.2, 0.25) is 0 Å². The third kappa shape index (κ3) is 4.78. The second-order valence-electron chi connectivity index (χ2n) is 8.11. The number of rotatable bonds is 7. The van der Waals surface area contributed by atoms with Crippen LogP contribution >= 0.6 is 0 Å². The zero-order chi connectivity index (χ0) is 21.1. The van der Waals surface area contributed by atoms with Gasteiger partial charge in [0.15, 0.2) is 11.4 Å². The van der Waals surface area contributed by atoms with Crippen molar-refractivity contribution in [3.8, 4) is 0 Å². The maximum absolute atomic E-state index is 13.0. The number of Topliss-reactive ketones (excluding diaryl/α,β-unsaturated/α-hetero) is 2. The van der Waals surface area contributed by atoms with E-state index >= 15 is 0 Å². The molecule has 1 unspecified atom stereocenters. The molecule has 5 nitrogen and oxygen atoms in total. The Morgan fingerprint density at radius 2 is 1.56 bits per heavy atom. The van der Waals surface area contributed by atoms with E-state index in [1.807, 2.05) is 41.5 Å². The molecule has 27 heavy (non-hydrogen) atoms. The van der Waals surface area contributed by atoms with Crippen LogP contribution in [0.4, 0.5) is 0 Å². The predicted octanol–water partition coefficient (Wildman–Crippen LogP) is 4.50. The first kappa shape index (κ1) is 22.9. The fraction of sp³-hybridized carbons (Fsp3) is 0.545. The second-order valence-corrected chi connectivity index (χ2v) is 8.11. The highest BCUT2D eigenvalue weighted by Crippen LogP contribution is 2.38. The van der Waals surface area contributed by atoms with Crippen molar-refractivity contribution in [3.63, 3.8) is 0 Å². The number of hydrogen-bond donors (Lipinski definition) is 3. The summed E-state index contributed by atoms with van der Waals surface area (Å²) in [6.07, 6.45) is 3.32. The zero-order valence-electron chi connectivity index (χ0n) is 17.4. The Morgan fingerprint density at radius 3 is 2.00 bits per heavy atom. The molecule has 3 N–H and O–H groups in total. The normalized spacial score (nSPS) is 21.4. The first-order chi connectivity index (χ1) is 12.3. The van der Waals surface area contributed by atoms with Gasteiger partial charge in [-0.05, 0) is 40.0 Å². The molecule has 1 rings (SSSR count). The minimum atomic E-state index is -2.25. The molecule has 0 saturated heterocycles. The number of hydrogen-bond acceptors (Lipinski definition) is 5. The number of aliphatic hydroxyl groups excluding tert-OH is 2. The van der Waals surface area contributed by atoms with E-state index in [2.05, 4.69) is 0 Å². The van der Waals surface area contributed by atoms with Crippen molar-refractivity contribution >= 4 is 11.6 Å². The minimum Gasteiger partial charge on any atom is -0.508 e. The van der Waals surface area contributed by atoms with Crippen LogP contribution in [0.3, 0.4) is 0 Å². The van der Waals surface area contributed by atoms with Gasteiger partial charge >= 0.3 is 0 Å². The topological polar surface area (TPSA) is 94.8 Å². The number of aliphatic hydroxyl groups is 3. The third-order valence-electron chi connectivity index (χ3n) is 4.98. The Hall–Kier alpha value is -2.14. The molecular weight excluding hydrogens is 344 g/mol. The molecule has 0 aliphatic heterocycles. The van der Waals surface area contributed by atoms with Gasteiger partial charge in [-0.3, -0.25) is 9.59 Å². The van der Waals surface area contributed by atoms with Gasteiger partial charge in [0, 0.05) is 17.9 Å². The lowest BCUT2D eigenvalue weighted by Gasteiger charge is -2.33. The fourth-order valence-electron chi connectivity index (χ4n) is 2.73. The number of carbonyl (C=O) groups excluding carboxylic acids is 2. The summed E-state index contributed by atoms with van der Waals surface area (Å²) in [6.45, 7) is 12.7. The highest BCUT2D eigenvalue weighted by atomic mass is 16.3. The maximum atomic E-state index is 13.0. The minimum absolute atomic E-state index is 0.0137. The second kappa shape index (κ2) is 8.70. The molecule has 1 aliphatic rings. The van der Waals surface area contributed by atoms with E-state index in [9.17, 15) is 24.9 Å². The molecule has 0 heterocycles. The summed E-state index contributed by atoms with van der Waals surface area (Å²) in [5.74, 6) is -3.15. The molecule has 0 aromatic heterocycles. The van der Waals surface area contributed by atoms with Gasteiger partial charge < -0.3 is 15.3 Å². The molecule has 150 valence electrons. The largest absolute Gasteiger partial charge is 0.508 e. The van der Waals surface area contributed by atoms with Crippen LogP contribution in [0.1, 0.15) is 61.3 Å². The quantitative estimate of drug-likeness (QED) is 0.449. The average Bonchev–Trinajstić information content (AvgIpc) is 2.57. The first-order valence-corrected chi connectivity index (χ1v) is 9.28. The molecule has 0 amide bonds. The van der Waals surface area contributed by atoms with Crippen molar-refractivity contribution in [2.24, 2.45) is 11.8 Å². The molecule has 1 aliphatic carbocycles. The summed E-state index contributed by atoms with van der Waals surface area (Å²) in [4.78, 5) is 25.9. The van der Waals surface area contributed by atoms with Gasteiger partial charge in [0.25, 0.3) is 0 Å². The van der Waals surface area contributed by atoms with E-state index in [1.54, 1.807) is 19.1 Å². The summed E-state index contributed by atoms with van der Waals surface area (Å²) in [5.41, 5.74) is -0.861. The lowest BCUT2D eigenvalue weighted by Crippen LogP contribution is -2.47. The van der Waals surface area contributed by atoms with Crippen LogP contribution < -0.4 is 0 Å². The average molecular weight is 376 g/mol. The standard InChI is InChI=1S/C22H32O5/c1-12(2)8-9-16-19(24)17(18(23)15(7)14(5)6)21(26)22(27,20(16)25)11-10-13(3)4/h8,10,14-15,24-25,27H,9,11H2,1-7H3/t15?,22-/m0/s1. The summed E-state index contributed by atoms with van der Waals surface area (Å²) < 4.78 is 0. The molecule has 0 bridgehead atoms.